The maximum absolute atomic E-state index is 12.2. The van der Waals surface area contributed by atoms with Crippen molar-refractivity contribution in [3.63, 3.8) is 0 Å². The summed E-state index contributed by atoms with van der Waals surface area (Å²) in [6.45, 7) is 5.88. The number of ketones is 1. The van der Waals surface area contributed by atoms with Gasteiger partial charge in [-0.2, -0.15) is 0 Å². The van der Waals surface area contributed by atoms with Gasteiger partial charge in [-0.15, -0.1) is 0 Å². The van der Waals surface area contributed by atoms with Crippen LogP contribution in [0.5, 0.6) is 5.75 Å². The van der Waals surface area contributed by atoms with Crippen molar-refractivity contribution >= 4 is 11.7 Å². The minimum Gasteiger partial charge on any atom is -0.497 e. The summed E-state index contributed by atoms with van der Waals surface area (Å²) in [6, 6.07) is 7.61. The lowest BCUT2D eigenvalue weighted by atomic mass is 9.73. The minimum atomic E-state index is -0.446. The zero-order chi connectivity index (χ0) is 15.6. The molecule has 1 aliphatic rings. The normalized spacial score (nSPS) is 20.5. The highest BCUT2D eigenvalue weighted by atomic mass is 16.5. The standard InChI is InChI=1S/C17H21NO3/c1-12(19)5-10-15-17(2,3)16(20)18(15)11-13-6-8-14(21-4)9-7-13/h5-10,15H,11H2,1-4H3/b10-5+. The summed E-state index contributed by atoms with van der Waals surface area (Å²) in [4.78, 5) is 25.2. The summed E-state index contributed by atoms with van der Waals surface area (Å²) in [5.41, 5.74) is 0.596. The predicted molar refractivity (Wildman–Crippen MR) is 80.9 cm³/mol. The molecule has 0 aliphatic carbocycles. The Morgan fingerprint density at radius 3 is 2.48 bits per heavy atom. The molecule has 0 saturated carbocycles. The molecular weight excluding hydrogens is 266 g/mol. The molecule has 0 N–H and O–H groups in total. The molecule has 1 heterocycles. The van der Waals surface area contributed by atoms with Crippen LogP contribution in [0.2, 0.25) is 0 Å². The molecule has 1 aromatic carbocycles. The number of amides is 1. The molecule has 21 heavy (non-hydrogen) atoms. The molecular formula is C17H21NO3. The molecule has 4 heteroatoms. The molecule has 1 fully saturated rings. The van der Waals surface area contributed by atoms with Crippen LogP contribution in [-0.4, -0.2) is 29.7 Å². The Hall–Kier alpha value is -2.10. The highest BCUT2D eigenvalue weighted by Gasteiger charge is 2.52. The number of hydrogen-bond acceptors (Lipinski definition) is 3. The largest absolute Gasteiger partial charge is 0.497 e. The summed E-state index contributed by atoms with van der Waals surface area (Å²) in [7, 11) is 1.62. The van der Waals surface area contributed by atoms with Gasteiger partial charge in [0.25, 0.3) is 0 Å². The van der Waals surface area contributed by atoms with Gasteiger partial charge in [0.15, 0.2) is 5.78 Å². The van der Waals surface area contributed by atoms with E-state index in [4.69, 9.17) is 4.74 Å². The first kappa shape index (κ1) is 15.3. The van der Waals surface area contributed by atoms with E-state index in [0.717, 1.165) is 11.3 Å². The van der Waals surface area contributed by atoms with Gasteiger partial charge in [-0.25, -0.2) is 0 Å². The van der Waals surface area contributed by atoms with Crippen molar-refractivity contribution < 1.29 is 14.3 Å². The van der Waals surface area contributed by atoms with Gasteiger partial charge in [-0.3, -0.25) is 9.59 Å². The number of ether oxygens (including phenoxy) is 1. The Morgan fingerprint density at radius 2 is 1.95 bits per heavy atom. The van der Waals surface area contributed by atoms with Gasteiger partial charge in [0.1, 0.15) is 5.75 Å². The second-order valence-electron chi connectivity index (χ2n) is 5.92. The number of carbonyl (C=O) groups is 2. The fraction of sp³-hybridized carbons (Fsp3) is 0.412. The lowest BCUT2D eigenvalue weighted by Gasteiger charge is -2.51. The van der Waals surface area contributed by atoms with Crippen molar-refractivity contribution in [2.75, 3.05) is 7.11 Å². The molecule has 0 bridgehead atoms. The third kappa shape index (κ3) is 2.99. The molecule has 1 saturated heterocycles. The summed E-state index contributed by atoms with van der Waals surface area (Å²) in [5, 5.41) is 0. The number of likely N-dealkylation sites (tertiary alicyclic amines) is 1. The van der Waals surface area contributed by atoms with Gasteiger partial charge in [0, 0.05) is 6.54 Å². The van der Waals surface area contributed by atoms with E-state index in [-0.39, 0.29) is 17.7 Å². The van der Waals surface area contributed by atoms with E-state index in [2.05, 4.69) is 0 Å². The van der Waals surface area contributed by atoms with Crippen LogP contribution in [0.1, 0.15) is 26.3 Å². The van der Waals surface area contributed by atoms with Crippen molar-refractivity contribution in [1.29, 1.82) is 0 Å². The molecule has 1 aliphatic heterocycles. The van der Waals surface area contributed by atoms with E-state index in [1.165, 1.54) is 6.92 Å². The molecule has 4 nitrogen and oxygen atoms in total. The lowest BCUT2D eigenvalue weighted by molar-refractivity contribution is -0.164. The van der Waals surface area contributed by atoms with Crippen molar-refractivity contribution in [1.82, 2.24) is 4.90 Å². The number of β-lactam (4-membered cyclic amide) rings is 1. The Bertz CT molecular complexity index is 572. The van der Waals surface area contributed by atoms with Crippen LogP contribution in [-0.2, 0) is 16.1 Å². The summed E-state index contributed by atoms with van der Waals surface area (Å²) < 4.78 is 5.13. The van der Waals surface area contributed by atoms with Crippen LogP contribution in [0.15, 0.2) is 36.4 Å². The highest BCUT2D eigenvalue weighted by Crippen LogP contribution is 2.40. The Labute approximate surface area is 125 Å². The number of carbonyl (C=O) groups excluding carboxylic acids is 2. The van der Waals surface area contributed by atoms with Crippen LogP contribution in [0.25, 0.3) is 0 Å². The number of allylic oxidation sites excluding steroid dienone is 1. The van der Waals surface area contributed by atoms with E-state index in [9.17, 15) is 9.59 Å². The fourth-order valence-corrected chi connectivity index (χ4v) is 2.62. The van der Waals surface area contributed by atoms with E-state index < -0.39 is 5.41 Å². The Morgan fingerprint density at radius 1 is 1.33 bits per heavy atom. The maximum atomic E-state index is 12.2. The molecule has 1 amide bonds. The lowest BCUT2D eigenvalue weighted by Crippen LogP contribution is -2.65. The van der Waals surface area contributed by atoms with Gasteiger partial charge in [0.2, 0.25) is 5.91 Å². The van der Waals surface area contributed by atoms with Crippen LogP contribution in [0, 0.1) is 5.41 Å². The van der Waals surface area contributed by atoms with Gasteiger partial charge >= 0.3 is 0 Å². The van der Waals surface area contributed by atoms with Gasteiger partial charge in [-0.05, 0) is 44.5 Å². The topological polar surface area (TPSA) is 46.6 Å². The maximum Gasteiger partial charge on any atom is 0.231 e. The average molecular weight is 287 g/mol. The summed E-state index contributed by atoms with van der Waals surface area (Å²) in [5.74, 6) is 0.896. The minimum absolute atomic E-state index is 0.00505. The first-order chi connectivity index (χ1) is 9.86. The number of methoxy groups -OCH3 is 1. The van der Waals surface area contributed by atoms with E-state index in [1.54, 1.807) is 18.1 Å². The second-order valence-corrected chi connectivity index (χ2v) is 5.92. The third-order valence-corrected chi connectivity index (χ3v) is 3.91. The molecule has 1 aromatic rings. The molecule has 112 valence electrons. The molecule has 0 spiro atoms. The van der Waals surface area contributed by atoms with E-state index >= 15 is 0 Å². The predicted octanol–water partition coefficient (Wildman–Crippen LogP) is 2.58. The Balaban J connectivity index is 2.13. The van der Waals surface area contributed by atoms with Crippen LogP contribution in [0.3, 0.4) is 0 Å². The summed E-state index contributed by atoms with van der Waals surface area (Å²) in [6.07, 6.45) is 3.37. The average Bonchev–Trinajstić information content (AvgIpc) is 2.46. The van der Waals surface area contributed by atoms with Gasteiger partial charge in [0.05, 0.1) is 18.6 Å². The Kier molecular flexibility index (Phi) is 4.16. The van der Waals surface area contributed by atoms with Gasteiger partial charge in [-0.1, -0.05) is 18.2 Å². The molecule has 0 radical (unpaired) electrons. The zero-order valence-electron chi connectivity index (χ0n) is 12.9. The second kappa shape index (κ2) is 5.72. The van der Waals surface area contributed by atoms with Crippen LogP contribution >= 0.6 is 0 Å². The number of rotatable bonds is 5. The van der Waals surface area contributed by atoms with Crippen molar-refractivity contribution in [2.24, 2.45) is 5.41 Å². The van der Waals surface area contributed by atoms with Gasteiger partial charge < -0.3 is 9.64 Å². The number of benzene rings is 1. The first-order valence-corrected chi connectivity index (χ1v) is 6.99. The quantitative estimate of drug-likeness (QED) is 0.617. The molecule has 1 atom stereocenters. The SMILES string of the molecule is COc1ccc(CN2C(=O)C(C)(C)C2/C=C/C(C)=O)cc1. The number of hydrogen-bond donors (Lipinski definition) is 0. The molecule has 1 unspecified atom stereocenters. The fourth-order valence-electron chi connectivity index (χ4n) is 2.62. The van der Waals surface area contributed by atoms with Crippen molar-refractivity contribution in [3.8, 4) is 5.75 Å². The summed E-state index contributed by atoms with van der Waals surface area (Å²) >= 11 is 0. The van der Waals surface area contributed by atoms with E-state index in [1.807, 2.05) is 44.2 Å². The third-order valence-electron chi connectivity index (χ3n) is 3.91. The van der Waals surface area contributed by atoms with Crippen molar-refractivity contribution in [3.05, 3.63) is 42.0 Å². The molecule has 0 aromatic heterocycles. The smallest absolute Gasteiger partial charge is 0.231 e. The highest BCUT2D eigenvalue weighted by molar-refractivity contribution is 5.92. The monoisotopic (exact) mass is 287 g/mol. The van der Waals surface area contributed by atoms with Crippen LogP contribution in [0.4, 0.5) is 0 Å². The van der Waals surface area contributed by atoms with E-state index in [0.29, 0.717) is 6.54 Å². The molecule has 2 rings (SSSR count). The zero-order valence-corrected chi connectivity index (χ0v) is 12.9. The first-order valence-electron chi connectivity index (χ1n) is 6.99. The number of nitrogens with zero attached hydrogens (tertiary/aromatic N) is 1. The van der Waals surface area contributed by atoms with Crippen molar-refractivity contribution in [2.45, 2.75) is 33.4 Å². The van der Waals surface area contributed by atoms with Crippen LogP contribution < -0.4 is 4.74 Å².